The number of benzene rings is 1. The zero-order chi connectivity index (χ0) is 13.2. The minimum Gasteiger partial charge on any atom is -0.273 e. The van der Waals surface area contributed by atoms with Gasteiger partial charge < -0.3 is 0 Å². The van der Waals surface area contributed by atoms with Crippen molar-refractivity contribution in [2.75, 3.05) is 17.7 Å². The molecule has 18 heavy (non-hydrogen) atoms. The van der Waals surface area contributed by atoms with Gasteiger partial charge in [-0.1, -0.05) is 11.8 Å². The molecule has 1 aliphatic heterocycles. The lowest BCUT2D eigenvalue weighted by Crippen LogP contribution is -2.30. The fraction of sp³-hybridized carbons (Fsp3) is 0.300. The summed E-state index contributed by atoms with van der Waals surface area (Å²) in [5.74, 6) is 0.779. The Morgan fingerprint density at radius 1 is 1.28 bits per heavy atom. The van der Waals surface area contributed by atoms with Gasteiger partial charge in [0.1, 0.15) is 0 Å². The number of thioether (sulfide) groups is 1. The molecule has 2 rings (SSSR count). The van der Waals surface area contributed by atoms with Crippen molar-refractivity contribution in [1.82, 2.24) is 5.17 Å². The molecule has 0 fully saturated rings. The molecule has 1 aliphatic rings. The Balaban J connectivity index is 2.02. The normalized spacial score (nSPS) is 15.4. The topological polar surface area (TPSA) is 47.9 Å². The van der Waals surface area contributed by atoms with E-state index in [1.165, 1.54) is 23.9 Å². The van der Waals surface area contributed by atoms with Gasteiger partial charge in [-0.25, -0.2) is 0 Å². The molecule has 98 valence electrons. The highest BCUT2D eigenvalue weighted by Crippen LogP contribution is 2.29. The zero-order valence-electron chi connectivity index (χ0n) is 9.11. The summed E-state index contributed by atoms with van der Waals surface area (Å²) in [4.78, 5) is 4.00. The standard InChI is InChI=1S/C10H10F3N3OS/c11-10(12,13)7-1-3-8(4-2-7)15-16(17)9-14-5-6-18-9/h1-4,15,17H,5-6H2. The van der Waals surface area contributed by atoms with Gasteiger partial charge in [0, 0.05) is 5.75 Å². The van der Waals surface area contributed by atoms with Gasteiger partial charge in [-0.2, -0.15) is 13.2 Å². The molecule has 0 radical (unpaired) electrons. The second-order valence-electron chi connectivity index (χ2n) is 3.51. The predicted molar refractivity (Wildman–Crippen MR) is 63.5 cm³/mol. The largest absolute Gasteiger partial charge is 0.416 e. The molecular formula is C10H10F3N3OS. The minimum absolute atomic E-state index is 0.348. The van der Waals surface area contributed by atoms with Crippen LogP contribution in [0.25, 0.3) is 0 Å². The SMILES string of the molecule is ON(Nc1ccc(C(F)(F)F)cc1)C1=NCCS1. The maximum Gasteiger partial charge on any atom is 0.416 e. The van der Waals surface area contributed by atoms with E-state index in [4.69, 9.17) is 0 Å². The van der Waals surface area contributed by atoms with Crippen LogP contribution >= 0.6 is 11.8 Å². The number of hydrogen-bond acceptors (Lipinski definition) is 5. The van der Waals surface area contributed by atoms with E-state index in [1.54, 1.807) is 0 Å². The Morgan fingerprint density at radius 3 is 2.44 bits per heavy atom. The van der Waals surface area contributed by atoms with Crippen molar-refractivity contribution in [3.63, 3.8) is 0 Å². The van der Waals surface area contributed by atoms with Gasteiger partial charge in [-0.15, -0.1) is 5.17 Å². The first-order valence-corrected chi connectivity index (χ1v) is 6.05. The smallest absolute Gasteiger partial charge is 0.273 e. The lowest BCUT2D eigenvalue weighted by molar-refractivity contribution is -0.137. The van der Waals surface area contributed by atoms with E-state index >= 15 is 0 Å². The highest BCUT2D eigenvalue weighted by Gasteiger charge is 2.30. The maximum absolute atomic E-state index is 12.3. The Kier molecular flexibility index (Phi) is 3.67. The number of nitrogens with zero attached hydrogens (tertiary/aromatic N) is 2. The summed E-state index contributed by atoms with van der Waals surface area (Å²) < 4.78 is 37.0. The molecule has 0 aliphatic carbocycles. The van der Waals surface area contributed by atoms with Crippen LogP contribution in [-0.4, -0.2) is 27.8 Å². The van der Waals surface area contributed by atoms with E-state index in [9.17, 15) is 18.4 Å². The van der Waals surface area contributed by atoms with Crippen molar-refractivity contribution in [2.45, 2.75) is 6.18 Å². The number of hydrazine groups is 1. The third kappa shape index (κ3) is 3.08. The molecule has 4 nitrogen and oxygen atoms in total. The van der Waals surface area contributed by atoms with Crippen LogP contribution in [0.4, 0.5) is 18.9 Å². The molecule has 8 heteroatoms. The first kappa shape index (κ1) is 13.0. The number of halogens is 3. The Bertz CT molecular complexity index is 447. The van der Waals surface area contributed by atoms with Crippen molar-refractivity contribution in [3.05, 3.63) is 29.8 Å². The molecular weight excluding hydrogens is 267 g/mol. The monoisotopic (exact) mass is 277 g/mol. The molecule has 0 bridgehead atoms. The molecule has 1 heterocycles. The fourth-order valence-electron chi connectivity index (χ4n) is 1.36. The molecule has 0 aromatic heterocycles. The molecule has 0 spiro atoms. The summed E-state index contributed by atoms with van der Waals surface area (Å²) in [5, 5.41) is 10.7. The molecule has 1 aromatic carbocycles. The van der Waals surface area contributed by atoms with Crippen molar-refractivity contribution in [3.8, 4) is 0 Å². The number of alkyl halides is 3. The lowest BCUT2D eigenvalue weighted by atomic mass is 10.2. The summed E-state index contributed by atoms with van der Waals surface area (Å²) in [5.41, 5.74) is 2.15. The summed E-state index contributed by atoms with van der Waals surface area (Å²) in [6.45, 7) is 0.617. The molecule has 2 N–H and O–H groups in total. The number of hydrogen-bond donors (Lipinski definition) is 2. The summed E-state index contributed by atoms with van der Waals surface area (Å²) in [7, 11) is 0. The zero-order valence-corrected chi connectivity index (χ0v) is 9.92. The van der Waals surface area contributed by atoms with Crippen LogP contribution in [0.1, 0.15) is 5.56 Å². The lowest BCUT2D eigenvalue weighted by Gasteiger charge is -2.18. The van der Waals surface area contributed by atoms with Gasteiger partial charge in [0.05, 0.1) is 17.8 Å². The van der Waals surface area contributed by atoms with Gasteiger partial charge in [-0.05, 0) is 24.3 Å². The molecule has 0 unspecified atom stereocenters. The summed E-state index contributed by atoms with van der Waals surface area (Å²) in [6.07, 6.45) is -4.36. The van der Waals surface area contributed by atoms with Crippen LogP contribution in [0.5, 0.6) is 0 Å². The quantitative estimate of drug-likeness (QED) is 0.816. The Morgan fingerprint density at radius 2 is 1.94 bits per heavy atom. The van der Waals surface area contributed by atoms with Crippen molar-refractivity contribution in [1.29, 1.82) is 0 Å². The van der Waals surface area contributed by atoms with Crippen LogP contribution in [0, 0.1) is 0 Å². The van der Waals surface area contributed by atoms with E-state index in [-0.39, 0.29) is 0 Å². The first-order valence-electron chi connectivity index (χ1n) is 5.07. The predicted octanol–water partition coefficient (Wildman–Crippen LogP) is 2.83. The molecule has 0 saturated carbocycles. The van der Waals surface area contributed by atoms with Gasteiger partial charge in [0.25, 0.3) is 0 Å². The van der Waals surface area contributed by atoms with E-state index in [1.807, 2.05) is 0 Å². The van der Waals surface area contributed by atoms with E-state index in [2.05, 4.69) is 10.4 Å². The number of aliphatic imine (C=N–C) groups is 1. The van der Waals surface area contributed by atoms with Crippen LogP contribution in [0.3, 0.4) is 0 Å². The number of amidine groups is 1. The highest BCUT2D eigenvalue weighted by molar-refractivity contribution is 8.14. The number of hydroxylamine groups is 1. The summed E-state index contributed by atoms with van der Waals surface area (Å²) in [6, 6.07) is 4.37. The summed E-state index contributed by atoms with van der Waals surface area (Å²) >= 11 is 1.36. The Hall–Kier alpha value is -1.41. The van der Waals surface area contributed by atoms with E-state index in [0.29, 0.717) is 22.6 Å². The van der Waals surface area contributed by atoms with Gasteiger partial charge in [0.2, 0.25) is 5.17 Å². The van der Waals surface area contributed by atoms with Crippen molar-refractivity contribution < 1.29 is 18.4 Å². The third-order valence-corrected chi connectivity index (χ3v) is 3.14. The second kappa shape index (κ2) is 5.07. The number of rotatable bonds is 2. The average Bonchev–Trinajstić information content (AvgIpc) is 2.82. The van der Waals surface area contributed by atoms with Crippen molar-refractivity contribution >= 4 is 22.6 Å². The highest BCUT2D eigenvalue weighted by atomic mass is 32.2. The molecule has 0 atom stereocenters. The first-order chi connectivity index (χ1) is 8.47. The van der Waals surface area contributed by atoms with Gasteiger partial charge >= 0.3 is 6.18 Å². The number of anilines is 1. The average molecular weight is 277 g/mol. The fourth-order valence-corrected chi connectivity index (χ4v) is 2.07. The number of nitrogens with one attached hydrogen (secondary N) is 1. The van der Waals surface area contributed by atoms with Crippen LogP contribution in [-0.2, 0) is 6.18 Å². The van der Waals surface area contributed by atoms with E-state index in [0.717, 1.165) is 17.9 Å². The molecule has 0 amide bonds. The van der Waals surface area contributed by atoms with E-state index < -0.39 is 11.7 Å². The van der Waals surface area contributed by atoms with Crippen LogP contribution in [0.15, 0.2) is 29.3 Å². The van der Waals surface area contributed by atoms with Crippen LogP contribution in [0.2, 0.25) is 0 Å². The molecule has 0 saturated heterocycles. The maximum atomic E-state index is 12.3. The minimum atomic E-state index is -4.36. The third-order valence-electron chi connectivity index (χ3n) is 2.20. The van der Waals surface area contributed by atoms with Crippen molar-refractivity contribution in [2.24, 2.45) is 4.99 Å². The van der Waals surface area contributed by atoms with Gasteiger partial charge in [-0.3, -0.25) is 15.6 Å². The van der Waals surface area contributed by atoms with Crippen LogP contribution < -0.4 is 5.43 Å². The van der Waals surface area contributed by atoms with Gasteiger partial charge in [0.15, 0.2) is 0 Å². The Labute approximate surface area is 105 Å². The second-order valence-corrected chi connectivity index (χ2v) is 4.57. The molecule has 1 aromatic rings.